The Kier molecular flexibility index (Phi) is 5.36. The van der Waals surface area contributed by atoms with Crippen molar-refractivity contribution < 1.29 is 5.11 Å². The van der Waals surface area contributed by atoms with Crippen LogP contribution < -0.4 is 0 Å². The highest BCUT2D eigenvalue weighted by Crippen LogP contribution is 2.04. The zero-order valence-corrected chi connectivity index (χ0v) is 9.69. The Bertz CT molecular complexity index is 273. The van der Waals surface area contributed by atoms with E-state index >= 15 is 0 Å². The van der Waals surface area contributed by atoms with E-state index < -0.39 is 0 Å². The van der Waals surface area contributed by atoms with Gasteiger partial charge in [-0.15, -0.1) is 0 Å². The van der Waals surface area contributed by atoms with Gasteiger partial charge in [-0.1, -0.05) is 6.92 Å². The smallest absolute Gasteiger partial charge is 0.0948 e. The van der Waals surface area contributed by atoms with E-state index in [1.54, 1.807) is 0 Å². The van der Waals surface area contributed by atoms with Crippen LogP contribution in [0.15, 0.2) is 12.5 Å². The van der Waals surface area contributed by atoms with E-state index in [4.69, 9.17) is 5.11 Å². The van der Waals surface area contributed by atoms with Gasteiger partial charge in [-0.25, -0.2) is 4.98 Å². The summed E-state index contributed by atoms with van der Waals surface area (Å²) in [5, 5.41) is 8.79. The van der Waals surface area contributed by atoms with E-state index in [1.807, 2.05) is 12.5 Å². The van der Waals surface area contributed by atoms with Gasteiger partial charge in [0.2, 0.25) is 0 Å². The molecule has 1 N–H and O–H groups in total. The molecular formula is C11H21N3O. The quantitative estimate of drug-likeness (QED) is 0.734. The Hall–Kier alpha value is -0.870. The van der Waals surface area contributed by atoms with Gasteiger partial charge in [0, 0.05) is 32.4 Å². The SMILES string of the molecule is CCN(CCCO)Cc1cncn1CC. The minimum atomic E-state index is 0.267. The van der Waals surface area contributed by atoms with E-state index in [0.29, 0.717) is 0 Å². The van der Waals surface area contributed by atoms with Crippen molar-refractivity contribution in [1.29, 1.82) is 0 Å². The summed E-state index contributed by atoms with van der Waals surface area (Å²) in [6.07, 6.45) is 4.63. The number of rotatable bonds is 7. The van der Waals surface area contributed by atoms with Crippen molar-refractivity contribution in [3.8, 4) is 0 Å². The Morgan fingerprint density at radius 2 is 2.27 bits per heavy atom. The number of hydrogen-bond donors (Lipinski definition) is 1. The van der Waals surface area contributed by atoms with Crippen molar-refractivity contribution in [2.75, 3.05) is 19.7 Å². The lowest BCUT2D eigenvalue weighted by molar-refractivity contribution is 0.222. The molecule has 15 heavy (non-hydrogen) atoms. The maximum Gasteiger partial charge on any atom is 0.0948 e. The van der Waals surface area contributed by atoms with Crippen molar-refractivity contribution in [3.05, 3.63) is 18.2 Å². The molecule has 0 aliphatic rings. The molecule has 0 aromatic carbocycles. The van der Waals surface area contributed by atoms with Gasteiger partial charge in [-0.05, 0) is 19.9 Å². The van der Waals surface area contributed by atoms with Crippen LogP contribution in [-0.4, -0.2) is 39.3 Å². The number of aryl methyl sites for hydroxylation is 1. The number of imidazole rings is 1. The van der Waals surface area contributed by atoms with Gasteiger partial charge < -0.3 is 9.67 Å². The van der Waals surface area contributed by atoms with Gasteiger partial charge in [0.1, 0.15) is 0 Å². The van der Waals surface area contributed by atoms with Crippen LogP contribution in [0.4, 0.5) is 0 Å². The summed E-state index contributed by atoms with van der Waals surface area (Å²) < 4.78 is 2.15. The molecule has 1 aromatic heterocycles. The Morgan fingerprint density at radius 3 is 2.87 bits per heavy atom. The Labute approximate surface area is 91.5 Å². The highest BCUT2D eigenvalue weighted by molar-refractivity contribution is 4.97. The van der Waals surface area contributed by atoms with Gasteiger partial charge in [-0.3, -0.25) is 4.90 Å². The van der Waals surface area contributed by atoms with Gasteiger partial charge in [0.05, 0.1) is 12.0 Å². The molecule has 0 aliphatic carbocycles. The molecule has 0 saturated carbocycles. The second-order valence-corrected chi connectivity index (χ2v) is 3.62. The second-order valence-electron chi connectivity index (χ2n) is 3.62. The fourth-order valence-corrected chi connectivity index (χ4v) is 1.64. The third-order valence-corrected chi connectivity index (χ3v) is 2.60. The first kappa shape index (κ1) is 12.2. The molecule has 0 radical (unpaired) electrons. The van der Waals surface area contributed by atoms with Crippen LogP contribution in [0, 0.1) is 0 Å². The van der Waals surface area contributed by atoms with Gasteiger partial charge in [0.15, 0.2) is 0 Å². The van der Waals surface area contributed by atoms with Crippen LogP contribution in [0.2, 0.25) is 0 Å². The monoisotopic (exact) mass is 211 g/mol. The molecule has 1 aromatic rings. The summed E-state index contributed by atoms with van der Waals surface area (Å²) >= 11 is 0. The van der Waals surface area contributed by atoms with E-state index in [9.17, 15) is 0 Å². The van der Waals surface area contributed by atoms with Crippen molar-refractivity contribution >= 4 is 0 Å². The summed E-state index contributed by atoms with van der Waals surface area (Å²) in [6, 6.07) is 0. The first-order valence-corrected chi connectivity index (χ1v) is 5.64. The van der Waals surface area contributed by atoms with Crippen LogP contribution in [0.3, 0.4) is 0 Å². The lowest BCUT2D eigenvalue weighted by Gasteiger charge is -2.20. The third kappa shape index (κ3) is 3.64. The Morgan fingerprint density at radius 1 is 1.47 bits per heavy atom. The lowest BCUT2D eigenvalue weighted by Crippen LogP contribution is -2.25. The molecule has 0 atom stereocenters. The largest absolute Gasteiger partial charge is 0.396 e. The van der Waals surface area contributed by atoms with Gasteiger partial charge >= 0.3 is 0 Å². The number of nitrogens with zero attached hydrogens (tertiary/aromatic N) is 3. The topological polar surface area (TPSA) is 41.3 Å². The van der Waals surface area contributed by atoms with Crippen molar-refractivity contribution in [2.45, 2.75) is 33.4 Å². The summed E-state index contributed by atoms with van der Waals surface area (Å²) in [5.41, 5.74) is 1.25. The molecular weight excluding hydrogens is 190 g/mol. The number of aliphatic hydroxyl groups excluding tert-OH is 1. The van der Waals surface area contributed by atoms with E-state index in [1.165, 1.54) is 5.69 Å². The molecule has 1 rings (SSSR count). The highest BCUT2D eigenvalue weighted by Gasteiger charge is 2.06. The molecule has 0 amide bonds. The minimum Gasteiger partial charge on any atom is -0.396 e. The highest BCUT2D eigenvalue weighted by atomic mass is 16.3. The standard InChI is InChI=1S/C11H21N3O/c1-3-13(6-5-7-15)9-11-8-12-10-14(11)4-2/h8,10,15H,3-7,9H2,1-2H3. The second kappa shape index (κ2) is 6.58. The number of aromatic nitrogens is 2. The lowest BCUT2D eigenvalue weighted by atomic mass is 10.3. The van der Waals surface area contributed by atoms with Crippen molar-refractivity contribution in [3.63, 3.8) is 0 Å². The predicted octanol–water partition coefficient (Wildman–Crippen LogP) is 1.11. The average molecular weight is 211 g/mol. The third-order valence-electron chi connectivity index (χ3n) is 2.60. The number of aliphatic hydroxyl groups is 1. The molecule has 0 saturated heterocycles. The zero-order chi connectivity index (χ0) is 11.1. The van der Waals surface area contributed by atoms with Crippen LogP contribution in [0.5, 0.6) is 0 Å². The van der Waals surface area contributed by atoms with Crippen LogP contribution >= 0.6 is 0 Å². The van der Waals surface area contributed by atoms with E-state index in [-0.39, 0.29) is 6.61 Å². The van der Waals surface area contributed by atoms with Crippen LogP contribution in [-0.2, 0) is 13.1 Å². The maximum absolute atomic E-state index is 8.79. The first-order valence-electron chi connectivity index (χ1n) is 5.64. The molecule has 0 fully saturated rings. The molecule has 0 unspecified atom stereocenters. The summed E-state index contributed by atoms with van der Waals surface area (Å²) in [6.45, 7) is 8.37. The fourth-order valence-electron chi connectivity index (χ4n) is 1.64. The maximum atomic E-state index is 8.79. The molecule has 4 heteroatoms. The molecule has 0 bridgehead atoms. The normalized spacial score (nSPS) is 11.2. The van der Waals surface area contributed by atoms with Crippen LogP contribution in [0.25, 0.3) is 0 Å². The van der Waals surface area contributed by atoms with Gasteiger partial charge in [-0.2, -0.15) is 0 Å². The minimum absolute atomic E-state index is 0.267. The van der Waals surface area contributed by atoms with Crippen LogP contribution in [0.1, 0.15) is 26.0 Å². The first-order chi connectivity index (χ1) is 7.31. The Balaban J connectivity index is 2.50. The summed E-state index contributed by atoms with van der Waals surface area (Å²) in [5.74, 6) is 0. The summed E-state index contributed by atoms with van der Waals surface area (Å²) in [7, 11) is 0. The van der Waals surface area contributed by atoms with E-state index in [2.05, 4.69) is 28.3 Å². The van der Waals surface area contributed by atoms with Gasteiger partial charge in [0.25, 0.3) is 0 Å². The van der Waals surface area contributed by atoms with E-state index in [0.717, 1.165) is 32.6 Å². The molecule has 86 valence electrons. The summed E-state index contributed by atoms with van der Waals surface area (Å²) in [4.78, 5) is 6.47. The molecule has 1 heterocycles. The fraction of sp³-hybridized carbons (Fsp3) is 0.727. The predicted molar refractivity (Wildman–Crippen MR) is 60.6 cm³/mol. The molecule has 4 nitrogen and oxygen atoms in total. The van der Waals surface area contributed by atoms with Crippen molar-refractivity contribution in [2.24, 2.45) is 0 Å². The molecule has 0 spiro atoms. The van der Waals surface area contributed by atoms with Crippen molar-refractivity contribution in [1.82, 2.24) is 14.5 Å². The average Bonchev–Trinajstić information content (AvgIpc) is 2.71. The molecule has 0 aliphatic heterocycles. The zero-order valence-electron chi connectivity index (χ0n) is 9.69. The number of hydrogen-bond acceptors (Lipinski definition) is 3.